The van der Waals surface area contributed by atoms with Gasteiger partial charge in [-0.05, 0) is 19.3 Å². The van der Waals surface area contributed by atoms with Crippen LogP contribution in [0.15, 0.2) is 4.99 Å². The molecule has 2 saturated heterocycles. The highest BCUT2D eigenvalue weighted by Crippen LogP contribution is 2.21. The zero-order chi connectivity index (χ0) is 11.6. The molecule has 0 aromatic rings. The Hall–Kier alpha value is -0.230. The molecule has 2 aliphatic heterocycles. The van der Waals surface area contributed by atoms with Crippen molar-refractivity contribution in [2.45, 2.75) is 37.5 Å². The number of aliphatic imine (C=N–C) groups is 1. The van der Waals surface area contributed by atoms with Gasteiger partial charge in [-0.15, -0.1) is 0 Å². The molecule has 6 heteroatoms. The summed E-state index contributed by atoms with van der Waals surface area (Å²) in [6.45, 7) is 2.58. The van der Waals surface area contributed by atoms with Crippen molar-refractivity contribution < 1.29 is 8.42 Å². The quantitative estimate of drug-likeness (QED) is 0.825. The van der Waals surface area contributed by atoms with Gasteiger partial charge in [0, 0.05) is 11.8 Å². The van der Waals surface area contributed by atoms with Crippen molar-refractivity contribution in [3.05, 3.63) is 0 Å². The molecule has 1 N–H and O–H groups in total. The van der Waals surface area contributed by atoms with Crippen LogP contribution in [-0.4, -0.2) is 42.9 Å². The number of hydrogen-bond donors (Lipinski definition) is 1. The lowest BCUT2D eigenvalue weighted by atomic mass is 10.2. The molecule has 2 unspecified atom stereocenters. The van der Waals surface area contributed by atoms with E-state index in [2.05, 4.69) is 17.2 Å². The normalized spacial score (nSPS) is 35.4. The lowest BCUT2D eigenvalue weighted by Crippen LogP contribution is -2.27. The Morgan fingerprint density at radius 1 is 1.56 bits per heavy atom. The summed E-state index contributed by atoms with van der Waals surface area (Å²) >= 11 is 1.70. The van der Waals surface area contributed by atoms with Gasteiger partial charge in [-0.3, -0.25) is 4.99 Å². The summed E-state index contributed by atoms with van der Waals surface area (Å²) in [4.78, 5) is 4.39. The highest BCUT2D eigenvalue weighted by molar-refractivity contribution is 8.14. The van der Waals surface area contributed by atoms with Crippen LogP contribution in [-0.2, 0) is 9.84 Å². The second-order valence-corrected chi connectivity index (χ2v) is 7.75. The van der Waals surface area contributed by atoms with Crippen LogP contribution in [0.5, 0.6) is 0 Å². The molecule has 16 heavy (non-hydrogen) atoms. The van der Waals surface area contributed by atoms with E-state index in [-0.39, 0.29) is 5.25 Å². The first-order chi connectivity index (χ1) is 7.62. The van der Waals surface area contributed by atoms with Crippen LogP contribution < -0.4 is 5.32 Å². The van der Waals surface area contributed by atoms with E-state index in [9.17, 15) is 8.42 Å². The van der Waals surface area contributed by atoms with E-state index in [1.54, 1.807) is 11.8 Å². The van der Waals surface area contributed by atoms with Gasteiger partial charge in [-0.2, -0.15) is 0 Å². The summed E-state index contributed by atoms with van der Waals surface area (Å²) in [6, 6.07) is 0.504. The smallest absolute Gasteiger partial charge is 0.156 e. The van der Waals surface area contributed by atoms with E-state index < -0.39 is 9.84 Å². The molecule has 0 aromatic heterocycles. The molecule has 0 aliphatic carbocycles. The van der Waals surface area contributed by atoms with Crippen LogP contribution in [0.2, 0.25) is 0 Å². The van der Waals surface area contributed by atoms with E-state index in [4.69, 9.17) is 0 Å². The summed E-state index contributed by atoms with van der Waals surface area (Å²) in [6.07, 6.45) is 2.67. The maximum absolute atomic E-state index is 11.6. The Balaban J connectivity index is 1.90. The van der Waals surface area contributed by atoms with Gasteiger partial charge in [0.25, 0.3) is 0 Å². The van der Waals surface area contributed by atoms with Gasteiger partial charge < -0.3 is 5.32 Å². The minimum absolute atomic E-state index is 0.233. The summed E-state index contributed by atoms with van der Waals surface area (Å²) in [5.41, 5.74) is 0. The van der Waals surface area contributed by atoms with Crippen LogP contribution in [0.4, 0.5) is 0 Å². The second-order valence-electron chi connectivity index (χ2n) is 4.34. The van der Waals surface area contributed by atoms with E-state index in [0.717, 1.165) is 30.2 Å². The highest BCUT2D eigenvalue weighted by Gasteiger charge is 2.31. The highest BCUT2D eigenvalue weighted by atomic mass is 32.2. The Bertz CT molecular complexity index is 378. The fraction of sp³-hybridized carbons (Fsp3) is 0.900. The fourth-order valence-corrected chi connectivity index (χ4v) is 4.82. The predicted octanol–water partition coefficient (Wildman–Crippen LogP) is 1.03. The Labute approximate surface area is 101 Å². The first-order valence-corrected chi connectivity index (χ1v) is 8.47. The summed E-state index contributed by atoms with van der Waals surface area (Å²) < 4.78 is 23.2. The average Bonchev–Trinajstić information content (AvgIpc) is 2.81. The van der Waals surface area contributed by atoms with Crippen LogP contribution in [0.1, 0.15) is 26.2 Å². The molecule has 2 fully saturated rings. The number of hydrogen-bond acceptors (Lipinski definition) is 4. The summed E-state index contributed by atoms with van der Waals surface area (Å²) in [7, 11) is -2.84. The van der Waals surface area contributed by atoms with Crippen LogP contribution >= 0.6 is 11.8 Å². The number of thioether (sulfide) groups is 1. The van der Waals surface area contributed by atoms with Gasteiger partial charge in [0.1, 0.15) is 0 Å². The molecular weight excluding hydrogens is 244 g/mol. The van der Waals surface area contributed by atoms with Gasteiger partial charge in [0.05, 0.1) is 17.5 Å². The van der Waals surface area contributed by atoms with Crippen molar-refractivity contribution in [1.29, 1.82) is 0 Å². The molecule has 0 bridgehead atoms. The Kier molecular flexibility index (Phi) is 3.79. The van der Waals surface area contributed by atoms with Crippen LogP contribution in [0.25, 0.3) is 0 Å². The van der Waals surface area contributed by atoms with Gasteiger partial charge in [-0.25, -0.2) is 8.42 Å². The number of nitrogens with zero attached hydrogens (tertiary/aromatic N) is 1. The number of nitrogens with one attached hydrogen (secondary N) is 1. The third-order valence-electron chi connectivity index (χ3n) is 3.14. The largest absolute Gasteiger partial charge is 0.361 e. The van der Waals surface area contributed by atoms with E-state index >= 15 is 0 Å². The molecule has 4 nitrogen and oxygen atoms in total. The van der Waals surface area contributed by atoms with Crippen molar-refractivity contribution in [2.75, 3.05) is 18.1 Å². The van der Waals surface area contributed by atoms with Crippen molar-refractivity contribution in [1.82, 2.24) is 5.32 Å². The molecular formula is C10H18N2O2S2. The molecule has 0 spiro atoms. The van der Waals surface area contributed by atoms with Crippen molar-refractivity contribution >= 4 is 26.8 Å². The average molecular weight is 262 g/mol. The van der Waals surface area contributed by atoms with Crippen molar-refractivity contribution in [2.24, 2.45) is 4.99 Å². The zero-order valence-electron chi connectivity index (χ0n) is 9.48. The molecule has 2 aliphatic rings. The van der Waals surface area contributed by atoms with E-state index in [1.165, 1.54) is 0 Å². The Morgan fingerprint density at radius 2 is 2.38 bits per heavy atom. The molecule has 2 atom stereocenters. The third kappa shape index (κ3) is 2.71. The van der Waals surface area contributed by atoms with E-state index in [0.29, 0.717) is 18.3 Å². The summed E-state index contributed by atoms with van der Waals surface area (Å²) in [5, 5.41) is 4.00. The predicted molar refractivity (Wildman–Crippen MR) is 68.8 cm³/mol. The monoisotopic (exact) mass is 262 g/mol. The fourth-order valence-electron chi connectivity index (χ4n) is 2.00. The lowest BCUT2D eigenvalue weighted by molar-refractivity contribution is 0.590. The van der Waals surface area contributed by atoms with E-state index in [1.807, 2.05) is 0 Å². The Morgan fingerprint density at radius 3 is 2.94 bits per heavy atom. The molecule has 0 saturated carbocycles. The lowest BCUT2D eigenvalue weighted by Gasteiger charge is -2.07. The molecule has 0 radical (unpaired) electrons. The number of amidine groups is 1. The minimum Gasteiger partial charge on any atom is -0.361 e. The van der Waals surface area contributed by atoms with Crippen LogP contribution in [0.3, 0.4) is 0 Å². The SMILES string of the molecule is CCC1CSC(=NCC2CCCS2(=O)=O)N1. The molecule has 0 amide bonds. The third-order valence-corrected chi connectivity index (χ3v) is 6.49. The zero-order valence-corrected chi connectivity index (χ0v) is 11.1. The van der Waals surface area contributed by atoms with Crippen molar-refractivity contribution in [3.8, 4) is 0 Å². The van der Waals surface area contributed by atoms with Gasteiger partial charge in [-0.1, -0.05) is 18.7 Å². The topological polar surface area (TPSA) is 58.5 Å². The first-order valence-electron chi connectivity index (χ1n) is 5.77. The van der Waals surface area contributed by atoms with Crippen molar-refractivity contribution in [3.63, 3.8) is 0 Å². The maximum atomic E-state index is 11.6. The summed E-state index contributed by atoms with van der Waals surface area (Å²) in [5.74, 6) is 1.40. The van der Waals surface area contributed by atoms with Gasteiger partial charge in [0.2, 0.25) is 0 Å². The minimum atomic E-state index is -2.84. The van der Waals surface area contributed by atoms with Gasteiger partial charge in [0.15, 0.2) is 15.0 Å². The standard InChI is InChI=1S/C10H18N2O2S2/c1-2-8-7-15-10(12-8)11-6-9-4-3-5-16(9,13)14/h8-9H,2-7H2,1H3,(H,11,12). The molecule has 2 heterocycles. The van der Waals surface area contributed by atoms with Crippen LogP contribution in [0, 0.1) is 0 Å². The van der Waals surface area contributed by atoms with Gasteiger partial charge >= 0.3 is 0 Å². The maximum Gasteiger partial charge on any atom is 0.156 e. The molecule has 0 aromatic carbocycles. The molecule has 92 valence electrons. The second kappa shape index (κ2) is 4.96. The molecule has 2 rings (SSSR count). The first kappa shape index (κ1) is 12.2. The number of sulfone groups is 1. The number of rotatable bonds is 3.